The van der Waals surface area contributed by atoms with E-state index in [-0.39, 0.29) is 24.5 Å². The topological polar surface area (TPSA) is 95.2 Å². The van der Waals surface area contributed by atoms with Crippen LogP contribution >= 0.6 is 0 Å². The Hall–Kier alpha value is -3.70. The smallest absolute Gasteiger partial charge is 0.410 e. The Kier molecular flexibility index (Phi) is 6.15. The third-order valence-corrected chi connectivity index (χ3v) is 6.01. The van der Waals surface area contributed by atoms with Crippen molar-refractivity contribution >= 4 is 11.7 Å². The molecule has 4 rings (SSSR count). The summed E-state index contributed by atoms with van der Waals surface area (Å²) < 4.78 is 54.9. The fourth-order valence-corrected chi connectivity index (χ4v) is 3.96. The van der Waals surface area contributed by atoms with Gasteiger partial charge in [0.1, 0.15) is 5.82 Å². The highest BCUT2D eigenvalue weighted by atomic mass is 19.4. The lowest BCUT2D eigenvalue weighted by molar-refractivity contribution is -0.173. The van der Waals surface area contributed by atoms with Crippen LogP contribution in [0.15, 0.2) is 30.5 Å². The van der Waals surface area contributed by atoms with Crippen molar-refractivity contribution in [3.63, 3.8) is 0 Å². The first-order chi connectivity index (χ1) is 16.1. The van der Waals surface area contributed by atoms with Crippen LogP contribution in [0.2, 0.25) is 0 Å². The average molecular weight is 478 g/mol. The van der Waals surface area contributed by atoms with E-state index in [4.69, 9.17) is 9.47 Å². The van der Waals surface area contributed by atoms with Crippen molar-refractivity contribution in [3.05, 3.63) is 53.0 Å². The maximum atomic E-state index is 14.0. The summed E-state index contributed by atoms with van der Waals surface area (Å²) in [6.45, 7) is 2.04. The molecule has 2 atom stereocenters. The third-order valence-electron chi connectivity index (χ3n) is 6.01. The van der Waals surface area contributed by atoms with E-state index < -0.39 is 24.2 Å². The molecular formula is C22H25F3N6O3. The van der Waals surface area contributed by atoms with Crippen LogP contribution in [0.4, 0.5) is 19.0 Å². The molecule has 12 heteroatoms. The number of carbonyl (C=O) groups excluding carboxylic acids is 1. The predicted molar refractivity (Wildman–Crippen MR) is 117 cm³/mol. The van der Waals surface area contributed by atoms with Crippen LogP contribution in [0.5, 0.6) is 11.5 Å². The summed E-state index contributed by atoms with van der Waals surface area (Å²) in [5.74, 6) is 0.420. The van der Waals surface area contributed by atoms with Crippen LogP contribution < -0.4 is 20.1 Å². The first-order valence-electron chi connectivity index (χ1n) is 10.5. The number of alkyl halides is 3. The van der Waals surface area contributed by atoms with E-state index in [1.54, 1.807) is 36.1 Å². The molecule has 9 nitrogen and oxygen atoms in total. The standard InChI is InChI=1S/C22H25F3N6O3/c1-12-14(11-27-30(12)2)10-26-21(32)16-9-20-28-15(8-19(22(23,24)25)31(20)29-16)13-5-6-17(33-3)18(7-13)34-4/h5-7,9,11,15,19,28H,8,10H2,1-4H3,(H,26,32). The zero-order valence-electron chi connectivity index (χ0n) is 19.1. The molecule has 1 aliphatic rings. The quantitative estimate of drug-likeness (QED) is 0.563. The van der Waals surface area contributed by atoms with Gasteiger partial charge in [-0.3, -0.25) is 9.48 Å². The second-order valence-electron chi connectivity index (χ2n) is 8.03. The molecule has 182 valence electrons. The molecule has 1 amide bonds. The van der Waals surface area contributed by atoms with E-state index in [1.165, 1.54) is 20.3 Å². The van der Waals surface area contributed by atoms with E-state index >= 15 is 0 Å². The second-order valence-corrected chi connectivity index (χ2v) is 8.03. The lowest BCUT2D eigenvalue weighted by atomic mass is 9.96. The summed E-state index contributed by atoms with van der Waals surface area (Å²) >= 11 is 0. The highest BCUT2D eigenvalue weighted by molar-refractivity contribution is 5.93. The molecular weight excluding hydrogens is 453 g/mol. The summed E-state index contributed by atoms with van der Waals surface area (Å²) in [5.41, 5.74) is 2.17. The molecule has 34 heavy (non-hydrogen) atoms. The number of aryl methyl sites for hydroxylation is 1. The van der Waals surface area contributed by atoms with Gasteiger partial charge in [0.15, 0.2) is 23.2 Å². The number of halogens is 3. The molecule has 3 aromatic rings. The van der Waals surface area contributed by atoms with Gasteiger partial charge in [0.05, 0.1) is 26.5 Å². The molecule has 3 heterocycles. The van der Waals surface area contributed by atoms with Gasteiger partial charge >= 0.3 is 6.18 Å². The van der Waals surface area contributed by atoms with Crippen LogP contribution in [-0.4, -0.2) is 45.9 Å². The lowest BCUT2D eigenvalue weighted by Gasteiger charge is -2.33. The van der Waals surface area contributed by atoms with Gasteiger partial charge in [-0.2, -0.15) is 23.4 Å². The molecule has 2 unspecified atom stereocenters. The number of carbonyl (C=O) groups is 1. The monoisotopic (exact) mass is 478 g/mol. The zero-order valence-corrected chi connectivity index (χ0v) is 19.1. The van der Waals surface area contributed by atoms with Crippen LogP contribution in [0, 0.1) is 6.92 Å². The number of nitrogens with zero attached hydrogens (tertiary/aromatic N) is 4. The summed E-state index contributed by atoms with van der Waals surface area (Å²) in [6, 6.07) is 3.72. The van der Waals surface area contributed by atoms with Gasteiger partial charge in [0.25, 0.3) is 5.91 Å². The Balaban J connectivity index is 1.60. The summed E-state index contributed by atoms with van der Waals surface area (Å²) in [6.07, 6.45) is -3.23. The SMILES string of the molecule is COc1ccc(C2CC(C(F)(F)F)n3nc(C(=O)NCc4cnn(C)c4C)cc3N2)cc1OC. The highest BCUT2D eigenvalue weighted by Crippen LogP contribution is 2.44. The Morgan fingerprint density at radius 2 is 1.97 bits per heavy atom. The Morgan fingerprint density at radius 3 is 2.59 bits per heavy atom. The highest BCUT2D eigenvalue weighted by Gasteiger charge is 2.47. The molecule has 1 aromatic carbocycles. The minimum absolute atomic E-state index is 0.105. The molecule has 1 aliphatic heterocycles. The molecule has 0 fully saturated rings. The number of hydrogen-bond donors (Lipinski definition) is 2. The molecule has 0 aliphatic carbocycles. The molecule has 0 bridgehead atoms. The maximum absolute atomic E-state index is 14.0. The molecule has 0 saturated heterocycles. The second kappa shape index (κ2) is 8.92. The summed E-state index contributed by atoms with van der Waals surface area (Å²) in [5, 5.41) is 13.9. The fourth-order valence-electron chi connectivity index (χ4n) is 3.96. The van der Waals surface area contributed by atoms with E-state index in [1.807, 2.05) is 6.92 Å². The number of benzene rings is 1. The molecule has 0 radical (unpaired) electrons. The normalized spacial score (nSPS) is 17.6. The zero-order chi connectivity index (χ0) is 24.6. The molecule has 0 spiro atoms. The van der Waals surface area contributed by atoms with Gasteiger partial charge in [0, 0.05) is 37.3 Å². The van der Waals surface area contributed by atoms with Crippen LogP contribution in [0.25, 0.3) is 0 Å². The first-order valence-corrected chi connectivity index (χ1v) is 10.5. The van der Waals surface area contributed by atoms with Gasteiger partial charge in [-0.1, -0.05) is 6.07 Å². The number of aromatic nitrogens is 4. The van der Waals surface area contributed by atoms with E-state index in [0.29, 0.717) is 17.1 Å². The maximum Gasteiger partial charge on any atom is 0.410 e. The average Bonchev–Trinajstić information content (AvgIpc) is 3.39. The number of fused-ring (bicyclic) bond motifs is 1. The Labute approximate surface area is 193 Å². The van der Waals surface area contributed by atoms with Gasteiger partial charge in [-0.25, -0.2) is 4.68 Å². The minimum Gasteiger partial charge on any atom is -0.493 e. The van der Waals surface area contributed by atoms with Crippen molar-refractivity contribution in [2.45, 2.75) is 38.1 Å². The Bertz CT molecular complexity index is 1200. The fraction of sp³-hybridized carbons (Fsp3) is 0.409. The molecule has 2 N–H and O–H groups in total. The van der Waals surface area contributed by atoms with Crippen molar-refractivity contribution in [2.75, 3.05) is 19.5 Å². The Morgan fingerprint density at radius 1 is 1.24 bits per heavy atom. The van der Waals surface area contributed by atoms with Gasteiger partial charge in [-0.05, 0) is 24.6 Å². The van der Waals surface area contributed by atoms with Crippen molar-refractivity contribution in [3.8, 4) is 11.5 Å². The van der Waals surface area contributed by atoms with Gasteiger partial charge in [0.2, 0.25) is 0 Å². The van der Waals surface area contributed by atoms with Crippen LogP contribution in [-0.2, 0) is 13.6 Å². The minimum atomic E-state index is -4.56. The first kappa shape index (κ1) is 23.5. The van der Waals surface area contributed by atoms with Crippen molar-refractivity contribution < 1.29 is 27.4 Å². The van der Waals surface area contributed by atoms with Gasteiger partial charge in [-0.15, -0.1) is 0 Å². The van der Waals surface area contributed by atoms with E-state index in [0.717, 1.165) is 15.9 Å². The largest absolute Gasteiger partial charge is 0.493 e. The summed E-state index contributed by atoms with van der Waals surface area (Å²) in [7, 11) is 4.72. The van der Waals surface area contributed by atoms with Crippen molar-refractivity contribution in [2.24, 2.45) is 7.05 Å². The molecule has 0 saturated carbocycles. The predicted octanol–water partition coefficient (Wildman–Crippen LogP) is 3.53. The number of amides is 1. The number of nitrogens with one attached hydrogen (secondary N) is 2. The van der Waals surface area contributed by atoms with Crippen LogP contribution in [0.1, 0.15) is 45.8 Å². The number of methoxy groups -OCH3 is 2. The third kappa shape index (κ3) is 4.39. The van der Waals surface area contributed by atoms with Crippen molar-refractivity contribution in [1.29, 1.82) is 0 Å². The van der Waals surface area contributed by atoms with Crippen LogP contribution in [0.3, 0.4) is 0 Å². The number of anilines is 1. The van der Waals surface area contributed by atoms with Crippen molar-refractivity contribution in [1.82, 2.24) is 24.9 Å². The number of hydrogen-bond acceptors (Lipinski definition) is 6. The number of rotatable bonds is 6. The van der Waals surface area contributed by atoms with E-state index in [2.05, 4.69) is 20.8 Å². The summed E-state index contributed by atoms with van der Waals surface area (Å²) in [4.78, 5) is 12.7. The number of ether oxygens (including phenoxy) is 2. The van der Waals surface area contributed by atoms with Gasteiger partial charge < -0.3 is 20.1 Å². The molecule has 2 aromatic heterocycles. The van der Waals surface area contributed by atoms with E-state index in [9.17, 15) is 18.0 Å². The lowest BCUT2D eigenvalue weighted by Crippen LogP contribution is -2.35.